The summed E-state index contributed by atoms with van der Waals surface area (Å²) in [6.07, 6.45) is 0.255. The van der Waals surface area contributed by atoms with Gasteiger partial charge in [0.2, 0.25) is 0 Å². The molecule has 1 heterocycles. The third kappa shape index (κ3) is 11.1. The lowest BCUT2D eigenvalue weighted by molar-refractivity contribution is -0.201. The van der Waals surface area contributed by atoms with Crippen LogP contribution in [-0.4, -0.2) is 56.0 Å². The van der Waals surface area contributed by atoms with Crippen LogP contribution in [-0.2, 0) is 43.3 Å². The van der Waals surface area contributed by atoms with Gasteiger partial charge in [-0.3, -0.25) is 5.32 Å². The van der Waals surface area contributed by atoms with E-state index >= 15 is 0 Å². The molecule has 1 aromatic heterocycles. The van der Waals surface area contributed by atoms with E-state index in [9.17, 15) is 22.8 Å². The smallest absolute Gasteiger partial charge is 0.413 e. The van der Waals surface area contributed by atoms with Crippen LogP contribution in [0.25, 0.3) is 0 Å². The molecule has 3 rings (SSSR count). The average molecular weight is 704 g/mol. The van der Waals surface area contributed by atoms with Crippen molar-refractivity contribution in [1.82, 2.24) is 10.3 Å². The number of carbonyl (C=O) groups is 3. The molecule has 13 nitrogen and oxygen atoms in total. The van der Waals surface area contributed by atoms with Gasteiger partial charge < -0.3 is 30.6 Å². The monoisotopic (exact) mass is 703 g/mol. The molecule has 5 N–H and O–H groups in total. The summed E-state index contributed by atoms with van der Waals surface area (Å²) >= 11 is 1.33. The van der Waals surface area contributed by atoms with Crippen molar-refractivity contribution in [3.8, 4) is 0 Å². The number of thiazole rings is 1. The minimum absolute atomic E-state index is 0.218. The van der Waals surface area contributed by atoms with Crippen molar-refractivity contribution in [2.45, 2.75) is 84.1 Å². The van der Waals surface area contributed by atoms with E-state index in [2.05, 4.69) is 20.9 Å². The molecule has 0 bridgehead atoms. The van der Waals surface area contributed by atoms with Gasteiger partial charge in [-0.25, -0.2) is 27.8 Å². The number of rotatable bonds is 12. The average Bonchev–Trinajstić information content (AvgIpc) is 3.30. The lowest BCUT2D eigenvalue weighted by atomic mass is 9.90. The highest BCUT2D eigenvalue weighted by Crippen LogP contribution is 2.37. The van der Waals surface area contributed by atoms with E-state index in [4.69, 9.17) is 19.9 Å². The summed E-state index contributed by atoms with van der Waals surface area (Å²) in [4.78, 5) is 42.7. The molecule has 0 aliphatic rings. The molecule has 1 atom stereocenters. The van der Waals surface area contributed by atoms with Gasteiger partial charge in [0.1, 0.15) is 0 Å². The summed E-state index contributed by atoms with van der Waals surface area (Å²) in [6.45, 7) is 12.5. The summed E-state index contributed by atoms with van der Waals surface area (Å²) in [7, 11) is -3.32. The summed E-state index contributed by atoms with van der Waals surface area (Å²) in [5.74, 6) is -1.94. The van der Waals surface area contributed by atoms with Gasteiger partial charge in [0.05, 0.1) is 22.6 Å². The number of primary amides is 1. The number of nitrogens with one attached hydrogen (secondary N) is 3. The zero-order chi connectivity index (χ0) is 35.9. The molecule has 262 valence electrons. The van der Waals surface area contributed by atoms with Crippen molar-refractivity contribution in [2.75, 3.05) is 23.5 Å². The standard InChI is InChI=1S/C33H45N5O8S2/c1-9-44-29(40)36-28-35-25(26(47-28)20-22-12-17-24(18-13-22)48(8,42)43)19-14-21-10-15-23(16-11-21)37-33(31(2,3)4,45-27(34)39)46-30(41)38-32(5,6)7/h10-13,15-18,37H,9,14,19-20H2,1-8H3,(H2,34,39)(H,38,41)(H,35,36,40). The van der Waals surface area contributed by atoms with E-state index in [1.54, 1.807) is 84.9 Å². The van der Waals surface area contributed by atoms with E-state index in [0.717, 1.165) is 28.0 Å². The van der Waals surface area contributed by atoms with Gasteiger partial charge in [0.25, 0.3) is 0 Å². The second-order valence-electron chi connectivity index (χ2n) is 13.2. The van der Waals surface area contributed by atoms with Crippen LogP contribution < -0.4 is 21.7 Å². The van der Waals surface area contributed by atoms with Gasteiger partial charge in [-0.1, -0.05) is 45.0 Å². The lowest BCUT2D eigenvalue weighted by Crippen LogP contribution is -2.59. The van der Waals surface area contributed by atoms with Crippen LogP contribution in [0.15, 0.2) is 53.4 Å². The van der Waals surface area contributed by atoms with Crippen LogP contribution in [0.4, 0.5) is 25.2 Å². The van der Waals surface area contributed by atoms with Crippen LogP contribution in [0.1, 0.15) is 70.2 Å². The second-order valence-corrected chi connectivity index (χ2v) is 16.3. The van der Waals surface area contributed by atoms with Crippen molar-refractivity contribution >= 4 is 50.3 Å². The first-order chi connectivity index (χ1) is 22.2. The molecule has 3 aromatic rings. The number of alkyl carbamates (subject to hydrolysis) is 1. The van der Waals surface area contributed by atoms with Gasteiger partial charge in [-0.2, -0.15) is 0 Å². The number of nitrogens with zero attached hydrogens (tertiary/aromatic N) is 1. The van der Waals surface area contributed by atoms with E-state index in [1.807, 2.05) is 12.1 Å². The first-order valence-corrected chi connectivity index (χ1v) is 18.0. The number of anilines is 2. The number of aromatic nitrogens is 1. The number of carbonyl (C=O) groups excluding carboxylic acids is 3. The number of sulfone groups is 1. The maximum Gasteiger partial charge on any atom is 0.413 e. The fourth-order valence-corrected chi connectivity index (χ4v) is 6.10. The van der Waals surface area contributed by atoms with Gasteiger partial charge in [0, 0.05) is 28.8 Å². The van der Waals surface area contributed by atoms with Crippen LogP contribution in [0.5, 0.6) is 0 Å². The fourth-order valence-electron chi connectivity index (χ4n) is 4.44. The molecular formula is C33H45N5O8S2. The molecular weight excluding hydrogens is 659 g/mol. The Morgan fingerprint density at radius 1 is 0.875 bits per heavy atom. The molecule has 0 aliphatic heterocycles. The fraction of sp³-hybridized carbons (Fsp3) is 0.455. The first-order valence-electron chi connectivity index (χ1n) is 15.3. The largest absolute Gasteiger partial charge is 0.450 e. The van der Waals surface area contributed by atoms with Gasteiger partial charge >= 0.3 is 24.2 Å². The number of ether oxygens (including phenoxy) is 3. The topological polar surface area (TPSA) is 188 Å². The predicted molar refractivity (Wildman–Crippen MR) is 185 cm³/mol. The summed E-state index contributed by atoms with van der Waals surface area (Å²) in [5, 5.41) is 8.83. The first kappa shape index (κ1) is 38.1. The van der Waals surface area contributed by atoms with Crippen LogP contribution in [0, 0.1) is 5.41 Å². The van der Waals surface area contributed by atoms with Crippen LogP contribution in [0.2, 0.25) is 0 Å². The van der Waals surface area contributed by atoms with Crippen molar-refractivity contribution in [3.05, 3.63) is 70.2 Å². The highest BCUT2D eigenvalue weighted by Gasteiger charge is 2.50. The minimum atomic E-state index is -3.32. The van der Waals surface area contributed by atoms with E-state index in [1.165, 1.54) is 11.3 Å². The Kier molecular flexibility index (Phi) is 12.1. The lowest BCUT2D eigenvalue weighted by Gasteiger charge is -2.42. The Morgan fingerprint density at radius 2 is 1.48 bits per heavy atom. The molecule has 0 spiro atoms. The molecule has 15 heteroatoms. The highest BCUT2D eigenvalue weighted by atomic mass is 32.2. The van der Waals surface area contributed by atoms with E-state index in [0.29, 0.717) is 30.1 Å². The molecule has 0 saturated carbocycles. The molecule has 0 saturated heterocycles. The SMILES string of the molecule is CCOC(=O)Nc1nc(CCc2ccc(NC(OC(N)=O)(OC(=O)NC(C)(C)C)C(C)(C)C)cc2)c(Cc2ccc(S(C)(=O)=O)cc2)s1. The normalized spacial score (nSPS) is 13.2. The Hall–Kier alpha value is -4.37. The molecule has 48 heavy (non-hydrogen) atoms. The minimum Gasteiger partial charge on any atom is -0.450 e. The van der Waals surface area contributed by atoms with Crippen molar-refractivity contribution < 1.29 is 37.0 Å². The third-order valence-electron chi connectivity index (χ3n) is 6.84. The number of aryl methyl sites for hydroxylation is 2. The molecule has 0 fully saturated rings. The van der Waals surface area contributed by atoms with Gasteiger partial charge in [-0.05, 0) is 75.9 Å². The van der Waals surface area contributed by atoms with E-state index in [-0.39, 0.29) is 11.5 Å². The van der Waals surface area contributed by atoms with Crippen LogP contribution in [0.3, 0.4) is 0 Å². The summed E-state index contributed by atoms with van der Waals surface area (Å²) in [5.41, 5.74) is 6.99. The molecule has 2 aromatic carbocycles. The highest BCUT2D eigenvalue weighted by molar-refractivity contribution is 7.90. The maximum atomic E-state index is 12.8. The predicted octanol–water partition coefficient (Wildman–Crippen LogP) is 6.22. The third-order valence-corrected chi connectivity index (χ3v) is 8.98. The van der Waals surface area contributed by atoms with Crippen molar-refractivity contribution in [2.24, 2.45) is 11.1 Å². The second kappa shape index (κ2) is 15.2. The summed E-state index contributed by atoms with van der Waals surface area (Å²) < 4.78 is 39.9. The Labute approximate surface area is 285 Å². The van der Waals surface area contributed by atoms with Gasteiger partial charge in [-0.15, -0.1) is 11.3 Å². The van der Waals surface area contributed by atoms with E-state index < -0.39 is 45.0 Å². The number of amides is 3. The maximum absolute atomic E-state index is 12.8. The zero-order valence-corrected chi connectivity index (χ0v) is 30.2. The Balaban J connectivity index is 1.82. The number of hydrogen-bond acceptors (Lipinski definition) is 11. The zero-order valence-electron chi connectivity index (χ0n) is 28.6. The molecule has 0 aliphatic carbocycles. The Morgan fingerprint density at radius 3 is 2.00 bits per heavy atom. The molecule has 1 unspecified atom stereocenters. The molecule has 3 amide bonds. The van der Waals surface area contributed by atoms with Crippen molar-refractivity contribution in [1.29, 1.82) is 0 Å². The van der Waals surface area contributed by atoms with Crippen molar-refractivity contribution in [3.63, 3.8) is 0 Å². The van der Waals surface area contributed by atoms with Gasteiger partial charge in [0.15, 0.2) is 15.0 Å². The summed E-state index contributed by atoms with van der Waals surface area (Å²) in [6, 6.07) is 14.0. The Bertz CT molecular complexity index is 1690. The number of nitrogens with two attached hydrogens (primary N) is 1. The number of hydrogen-bond donors (Lipinski definition) is 4. The number of benzene rings is 2. The molecule has 0 radical (unpaired) electrons. The van der Waals surface area contributed by atoms with Crippen LogP contribution >= 0.6 is 11.3 Å². The quantitative estimate of drug-likeness (QED) is 0.158.